The number of nitrogens with zero attached hydrogens (tertiary/aromatic N) is 1. The maximum Gasteiger partial charge on any atom is 0.341 e. The quantitative estimate of drug-likeness (QED) is 0.533. The van der Waals surface area contributed by atoms with Gasteiger partial charge in [0.2, 0.25) is 0 Å². The van der Waals surface area contributed by atoms with Crippen LogP contribution in [0.3, 0.4) is 0 Å². The lowest BCUT2D eigenvalue weighted by Gasteiger charge is -2.15. The minimum absolute atomic E-state index is 0.165. The summed E-state index contributed by atoms with van der Waals surface area (Å²) in [6.45, 7) is 2.00. The van der Waals surface area contributed by atoms with E-state index < -0.39 is 11.5 Å². The summed E-state index contributed by atoms with van der Waals surface area (Å²) in [5.41, 5.74) is 10.2. The Bertz CT molecular complexity index is 1350. The van der Waals surface area contributed by atoms with Crippen LogP contribution >= 0.6 is 11.3 Å². The highest BCUT2D eigenvalue weighted by atomic mass is 32.1. The van der Waals surface area contributed by atoms with Crippen molar-refractivity contribution in [3.05, 3.63) is 69.6 Å². The van der Waals surface area contributed by atoms with E-state index in [9.17, 15) is 14.7 Å². The number of anilines is 1. The van der Waals surface area contributed by atoms with Gasteiger partial charge in [-0.25, -0.2) is 4.79 Å². The zero-order valence-corrected chi connectivity index (χ0v) is 16.0. The lowest BCUT2D eigenvalue weighted by atomic mass is 9.96. The molecule has 140 valence electrons. The molecule has 0 saturated heterocycles. The molecular weight excluding hydrogens is 372 g/mol. The minimum Gasteiger partial charge on any atom is -0.477 e. The van der Waals surface area contributed by atoms with Crippen LogP contribution in [-0.4, -0.2) is 15.5 Å². The molecule has 0 amide bonds. The second-order valence-corrected chi connectivity index (χ2v) is 8.49. The maximum absolute atomic E-state index is 12.7. The molecule has 6 heteroatoms. The van der Waals surface area contributed by atoms with Gasteiger partial charge in [-0.2, -0.15) is 0 Å². The number of carboxylic acid groups (broad SMARTS) is 1. The molecule has 5 rings (SSSR count). The summed E-state index contributed by atoms with van der Waals surface area (Å²) in [6.07, 6.45) is 3.75. The zero-order chi connectivity index (χ0) is 19.6. The lowest BCUT2D eigenvalue weighted by molar-refractivity contribution is 0.0694. The van der Waals surface area contributed by atoms with E-state index in [1.54, 1.807) is 23.6 Å². The van der Waals surface area contributed by atoms with Crippen LogP contribution in [0.1, 0.15) is 40.2 Å². The third kappa shape index (κ3) is 2.52. The first-order chi connectivity index (χ1) is 13.4. The van der Waals surface area contributed by atoms with E-state index in [4.69, 9.17) is 5.73 Å². The van der Waals surface area contributed by atoms with Gasteiger partial charge < -0.3 is 10.8 Å². The van der Waals surface area contributed by atoms with Crippen molar-refractivity contribution in [1.82, 2.24) is 4.40 Å². The highest BCUT2D eigenvalue weighted by Crippen LogP contribution is 2.43. The van der Waals surface area contributed by atoms with Crippen molar-refractivity contribution in [2.24, 2.45) is 0 Å². The second-order valence-electron chi connectivity index (χ2n) is 7.37. The summed E-state index contributed by atoms with van der Waals surface area (Å²) in [5, 5.41) is 11.3. The van der Waals surface area contributed by atoms with Gasteiger partial charge in [-0.15, -0.1) is 11.3 Å². The SMILES string of the molecule is Cc1c(-c2ccc3sc(N)cc3c2)ccn2c(=O)c(C(=O)O)cc(C3CC3)c12. The maximum atomic E-state index is 12.7. The number of aromatic nitrogens is 1. The molecule has 4 aromatic rings. The van der Waals surface area contributed by atoms with Crippen LogP contribution in [-0.2, 0) is 0 Å². The van der Waals surface area contributed by atoms with Gasteiger partial charge in [-0.1, -0.05) is 6.07 Å². The normalized spacial score (nSPS) is 14.0. The average molecular weight is 390 g/mol. The van der Waals surface area contributed by atoms with Crippen molar-refractivity contribution in [1.29, 1.82) is 0 Å². The van der Waals surface area contributed by atoms with Crippen LogP contribution in [0.5, 0.6) is 0 Å². The molecular formula is C22H18N2O3S. The number of aromatic carboxylic acids is 1. The Morgan fingerprint density at radius 3 is 2.71 bits per heavy atom. The fourth-order valence-corrected chi connectivity index (χ4v) is 4.81. The number of carbonyl (C=O) groups is 1. The first-order valence-electron chi connectivity index (χ1n) is 9.15. The van der Waals surface area contributed by atoms with E-state index in [-0.39, 0.29) is 5.56 Å². The number of benzene rings is 1. The summed E-state index contributed by atoms with van der Waals surface area (Å²) < 4.78 is 2.64. The monoisotopic (exact) mass is 390 g/mol. The number of rotatable bonds is 3. The van der Waals surface area contributed by atoms with Gasteiger partial charge in [0.1, 0.15) is 5.56 Å². The first kappa shape index (κ1) is 17.0. The van der Waals surface area contributed by atoms with E-state index >= 15 is 0 Å². The third-order valence-corrected chi connectivity index (χ3v) is 6.45. The standard InChI is InChI=1S/C22H18N2O3S/c1-11-15(13-4-5-18-14(8-13)9-19(23)28-18)6-7-24-20(11)16(12-2-3-12)10-17(21(24)25)22(26)27/h4-10,12H,2-3,23H2,1H3,(H,26,27). The molecule has 1 fully saturated rings. The fraction of sp³-hybridized carbons (Fsp3) is 0.182. The Morgan fingerprint density at radius 2 is 2.00 bits per heavy atom. The summed E-state index contributed by atoms with van der Waals surface area (Å²) in [5.74, 6) is -0.856. The third-order valence-electron chi connectivity index (χ3n) is 5.51. The first-order valence-corrected chi connectivity index (χ1v) is 9.97. The van der Waals surface area contributed by atoms with Crippen LogP contribution in [0.15, 0.2) is 47.4 Å². The molecule has 0 bridgehead atoms. The van der Waals surface area contributed by atoms with E-state index in [0.29, 0.717) is 5.92 Å². The average Bonchev–Trinajstić information content (AvgIpc) is 3.42. The van der Waals surface area contributed by atoms with Crippen LogP contribution in [0.2, 0.25) is 0 Å². The number of fused-ring (bicyclic) bond motifs is 2. The molecule has 3 N–H and O–H groups in total. The molecule has 1 saturated carbocycles. The summed E-state index contributed by atoms with van der Waals surface area (Å²) >= 11 is 1.56. The fourth-order valence-electron chi connectivity index (χ4n) is 4.00. The lowest BCUT2D eigenvalue weighted by Crippen LogP contribution is -2.23. The molecule has 5 nitrogen and oxygen atoms in total. The number of pyridine rings is 2. The molecule has 0 spiro atoms. The smallest absolute Gasteiger partial charge is 0.341 e. The molecule has 1 aliphatic rings. The van der Waals surface area contributed by atoms with Crippen molar-refractivity contribution in [2.75, 3.05) is 5.73 Å². The molecule has 1 aromatic carbocycles. The van der Waals surface area contributed by atoms with Gasteiger partial charge in [-0.3, -0.25) is 9.20 Å². The molecule has 28 heavy (non-hydrogen) atoms. The Hall–Kier alpha value is -3.12. The molecule has 0 unspecified atom stereocenters. The molecule has 1 aliphatic carbocycles. The van der Waals surface area contributed by atoms with E-state index in [2.05, 4.69) is 18.2 Å². The summed E-state index contributed by atoms with van der Waals surface area (Å²) in [6, 6.07) is 11.7. The highest BCUT2D eigenvalue weighted by Gasteiger charge is 2.29. The molecule has 0 aliphatic heterocycles. The van der Waals surface area contributed by atoms with Gasteiger partial charge in [0.25, 0.3) is 5.56 Å². The van der Waals surface area contributed by atoms with Crippen LogP contribution in [0.25, 0.3) is 26.7 Å². The van der Waals surface area contributed by atoms with E-state index in [0.717, 1.165) is 55.7 Å². The Labute approximate surface area is 164 Å². The van der Waals surface area contributed by atoms with Crippen LogP contribution < -0.4 is 11.3 Å². The van der Waals surface area contributed by atoms with E-state index in [1.165, 1.54) is 4.40 Å². The van der Waals surface area contributed by atoms with Crippen LogP contribution in [0, 0.1) is 6.92 Å². The minimum atomic E-state index is -1.18. The summed E-state index contributed by atoms with van der Waals surface area (Å²) in [4.78, 5) is 24.3. The number of aryl methyl sites for hydroxylation is 1. The number of nitrogens with two attached hydrogens (primary N) is 1. The van der Waals surface area contributed by atoms with Gasteiger partial charge in [-0.05, 0) is 83.7 Å². The van der Waals surface area contributed by atoms with Crippen molar-refractivity contribution < 1.29 is 9.90 Å². The van der Waals surface area contributed by atoms with Crippen molar-refractivity contribution in [3.8, 4) is 11.1 Å². The number of nitrogen functional groups attached to an aromatic ring is 1. The molecule has 0 radical (unpaired) electrons. The van der Waals surface area contributed by atoms with Crippen molar-refractivity contribution in [2.45, 2.75) is 25.7 Å². The topological polar surface area (TPSA) is 84.8 Å². The predicted molar refractivity (Wildman–Crippen MR) is 113 cm³/mol. The Kier molecular flexibility index (Phi) is 3.61. The second kappa shape index (κ2) is 5.94. The molecule has 0 atom stereocenters. The van der Waals surface area contributed by atoms with Crippen LogP contribution in [0.4, 0.5) is 5.00 Å². The zero-order valence-electron chi connectivity index (χ0n) is 15.2. The van der Waals surface area contributed by atoms with Gasteiger partial charge in [0.15, 0.2) is 0 Å². The highest BCUT2D eigenvalue weighted by molar-refractivity contribution is 7.22. The van der Waals surface area contributed by atoms with Crippen molar-refractivity contribution in [3.63, 3.8) is 0 Å². The van der Waals surface area contributed by atoms with Gasteiger partial charge in [0.05, 0.1) is 10.5 Å². The molecule has 3 aromatic heterocycles. The van der Waals surface area contributed by atoms with E-state index in [1.807, 2.05) is 19.1 Å². The number of carboxylic acids is 1. The summed E-state index contributed by atoms with van der Waals surface area (Å²) in [7, 11) is 0. The number of hydrogen-bond donors (Lipinski definition) is 2. The Morgan fingerprint density at radius 1 is 1.21 bits per heavy atom. The largest absolute Gasteiger partial charge is 0.477 e. The van der Waals surface area contributed by atoms with Gasteiger partial charge >= 0.3 is 5.97 Å². The predicted octanol–water partition coefficient (Wildman–Crippen LogP) is 4.65. The van der Waals surface area contributed by atoms with Gasteiger partial charge in [0, 0.05) is 10.9 Å². The number of hydrogen-bond acceptors (Lipinski definition) is 4. The van der Waals surface area contributed by atoms with Crippen molar-refractivity contribution >= 4 is 37.9 Å². The Balaban J connectivity index is 1.80. The molecule has 3 heterocycles. The number of thiophene rings is 1.